The number of benzene rings is 1. The van der Waals surface area contributed by atoms with Gasteiger partial charge in [-0.25, -0.2) is 0 Å². The second-order valence-corrected chi connectivity index (χ2v) is 6.36. The molecule has 2 aliphatic rings. The van der Waals surface area contributed by atoms with Gasteiger partial charge in [-0.05, 0) is 38.0 Å². The van der Waals surface area contributed by atoms with Crippen LogP contribution in [0.5, 0.6) is 0 Å². The molecule has 0 aromatic heterocycles. The molecule has 0 spiro atoms. The molecule has 1 saturated carbocycles. The van der Waals surface area contributed by atoms with Gasteiger partial charge in [-0.1, -0.05) is 0 Å². The average Bonchev–Trinajstić information content (AvgIpc) is 3.21. The highest BCUT2D eigenvalue weighted by molar-refractivity contribution is 7.99. The van der Waals surface area contributed by atoms with Crippen LogP contribution in [0.1, 0.15) is 19.8 Å². The van der Waals surface area contributed by atoms with Crippen LogP contribution in [0.3, 0.4) is 0 Å². The molecule has 0 bridgehead atoms. The minimum absolute atomic E-state index is 0.128. The fourth-order valence-corrected chi connectivity index (χ4v) is 3.34. The second-order valence-electron chi connectivity index (χ2n) is 5.23. The molecule has 19 heavy (non-hydrogen) atoms. The number of nitrogen functional groups attached to an aromatic ring is 1. The first kappa shape index (κ1) is 12.7. The number of anilines is 2. The van der Waals surface area contributed by atoms with E-state index in [2.05, 4.69) is 10.2 Å². The van der Waals surface area contributed by atoms with E-state index in [1.807, 2.05) is 36.9 Å². The van der Waals surface area contributed by atoms with Crippen LogP contribution in [0, 0.1) is 0 Å². The number of thioether (sulfide) groups is 1. The SMILES string of the molecule is CC(C(=O)NC1CC1)N1CCSc2ccc(N)cc21. The number of fused-ring (bicyclic) bond motifs is 1. The highest BCUT2D eigenvalue weighted by atomic mass is 32.2. The zero-order chi connectivity index (χ0) is 13.4. The van der Waals surface area contributed by atoms with Gasteiger partial charge in [0.25, 0.3) is 0 Å². The van der Waals surface area contributed by atoms with E-state index >= 15 is 0 Å². The Hall–Kier alpha value is -1.36. The fourth-order valence-electron chi connectivity index (χ4n) is 2.35. The van der Waals surface area contributed by atoms with E-state index in [0.29, 0.717) is 6.04 Å². The molecule has 3 rings (SSSR count). The number of amides is 1. The van der Waals surface area contributed by atoms with Gasteiger partial charge in [0.2, 0.25) is 5.91 Å². The topological polar surface area (TPSA) is 58.4 Å². The molecular weight excluding hydrogens is 258 g/mol. The number of hydrogen-bond acceptors (Lipinski definition) is 4. The molecule has 0 radical (unpaired) electrons. The van der Waals surface area contributed by atoms with Crippen molar-refractivity contribution in [1.82, 2.24) is 5.32 Å². The predicted octanol–water partition coefficient (Wildman–Crippen LogP) is 1.85. The van der Waals surface area contributed by atoms with E-state index in [9.17, 15) is 4.79 Å². The third-order valence-corrected chi connectivity index (χ3v) is 4.70. The number of hydrogen-bond donors (Lipinski definition) is 2. The van der Waals surface area contributed by atoms with Crippen LogP contribution in [0.2, 0.25) is 0 Å². The van der Waals surface area contributed by atoms with E-state index in [4.69, 9.17) is 5.73 Å². The number of carbonyl (C=O) groups is 1. The molecule has 1 aliphatic carbocycles. The summed E-state index contributed by atoms with van der Waals surface area (Å²) in [5, 5.41) is 3.08. The van der Waals surface area contributed by atoms with E-state index in [-0.39, 0.29) is 11.9 Å². The zero-order valence-electron chi connectivity index (χ0n) is 11.1. The van der Waals surface area contributed by atoms with Gasteiger partial charge in [-0.15, -0.1) is 11.8 Å². The molecule has 1 aromatic rings. The Balaban J connectivity index is 1.81. The third kappa shape index (κ3) is 2.66. The van der Waals surface area contributed by atoms with Gasteiger partial charge in [0, 0.05) is 28.9 Å². The summed E-state index contributed by atoms with van der Waals surface area (Å²) in [5.41, 5.74) is 7.72. The Labute approximate surface area is 117 Å². The Morgan fingerprint density at radius 1 is 1.53 bits per heavy atom. The van der Waals surface area contributed by atoms with Gasteiger partial charge >= 0.3 is 0 Å². The average molecular weight is 277 g/mol. The van der Waals surface area contributed by atoms with Crippen LogP contribution in [0.25, 0.3) is 0 Å². The van der Waals surface area contributed by atoms with Crippen LogP contribution in [0.15, 0.2) is 23.1 Å². The lowest BCUT2D eigenvalue weighted by atomic mass is 10.2. The lowest BCUT2D eigenvalue weighted by Gasteiger charge is -2.35. The third-order valence-electron chi connectivity index (χ3n) is 3.65. The summed E-state index contributed by atoms with van der Waals surface area (Å²) >= 11 is 1.83. The van der Waals surface area contributed by atoms with Gasteiger partial charge in [-0.3, -0.25) is 4.79 Å². The van der Waals surface area contributed by atoms with E-state index in [0.717, 1.165) is 36.5 Å². The second kappa shape index (κ2) is 4.96. The smallest absolute Gasteiger partial charge is 0.242 e. The highest BCUT2D eigenvalue weighted by Gasteiger charge is 2.30. The minimum Gasteiger partial charge on any atom is -0.399 e. The predicted molar refractivity (Wildman–Crippen MR) is 79.6 cm³/mol. The summed E-state index contributed by atoms with van der Waals surface area (Å²) in [7, 11) is 0. The normalized spacial score (nSPS) is 19.7. The molecule has 4 nitrogen and oxygen atoms in total. The van der Waals surface area contributed by atoms with E-state index < -0.39 is 0 Å². The Kier molecular flexibility index (Phi) is 3.31. The maximum atomic E-state index is 12.2. The first-order valence-electron chi connectivity index (χ1n) is 6.74. The van der Waals surface area contributed by atoms with Crippen molar-refractivity contribution in [3.05, 3.63) is 18.2 Å². The van der Waals surface area contributed by atoms with Crippen molar-refractivity contribution in [1.29, 1.82) is 0 Å². The molecule has 1 unspecified atom stereocenters. The van der Waals surface area contributed by atoms with Crippen LogP contribution in [0.4, 0.5) is 11.4 Å². The molecule has 1 fully saturated rings. The summed E-state index contributed by atoms with van der Waals surface area (Å²) in [6.07, 6.45) is 2.25. The van der Waals surface area contributed by atoms with Crippen LogP contribution >= 0.6 is 11.8 Å². The van der Waals surface area contributed by atoms with Crippen molar-refractivity contribution in [3.8, 4) is 0 Å². The first-order chi connectivity index (χ1) is 9.15. The van der Waals surface area contributed by atoms with Crippen molar-refractivity contribution in [2.45, 2.75) is 36.7 Å². The summed E-state index contributed by atoms with van der Waals surface area (Å²) in [6, 6.07) is 6.22. The Morgan fingerprint density at radius 3 is 3.05 bits per heavy atom. The lowest BCUT2D eigenvalue weighted by molar-refractivity contribution is -0.122. The quantitative estimate of drug-likeness (QED) is 0.828. The first-order valence-corrected chi connectivity index (χ1v) is 7.73. The molecule has 1 aromatic carbocycles. The molecule has 0 saturated heterocycles. The Morgan fingerprint density at radius 2 is 2.32 bits per heavy atom. The minimum atomic E-state index is -0.137. The molecule has 3 N–H and O–H groups in total. The number of rotatable bonds is 3. The summed E-state index contributed by atoms with van der Waals surface area (Å²) in [6.45, 7) is 2.86. The number of nitrogens with two attached hydrogens (primary N) is 1. The van der Waals surface area contributed by atoms with Crippen molar-refractivity contribution >= 4 is 29.0 Å². The van der Waals surface area contributed by atoms with Gasteiger partial charge in [0.15, 0.2) is 0 Å². The number of nitrogens with one attached hydrogen (secondary N) is 1. The molecule has 1 atom stereocenters. The van der Waals surface area contributed by atoms with Crippen LogP contribution in [-0.4, -0.2) is 30.3 Å². The van der Waals surface area contributed by atoms with Crippen LogP contribution < -0.4 is 16.0 Å². The molecule has 1 aliphatic heterocycles. The molecule has 1 heterocycles. The van der Waals surface area contributed by atoms with Crippen molar-refractivity contribution in [2.24, 2.45) is 0 Å². The maximum Gasteiger partial charge on any atom is 0.242 e. The lowest BCUT2D eigenvalue weighted by Crippen LogP contribution is -2.47. The van der Waals surface area contributed by atoms with Gasteiger partial charge < -0.3 is 16.0 Å². The molecular formula is C14H19N3OS. The maximum absolute atomic E-state index is 12.2. The zero-order valence-corrected chi connectivity index (χ0v) is 11.9. The van der Waals surface area contributed by atoms with E-state index in [1.165, 1.54) is 4.90 Å². The number of nitrogens with zero attached hydrogens (tertiary/aromatic N) is 1. The summed E-state index contributed by atoms with van der Waals surface area (Å²) in [5.74, 6) is 1.14. The van der Waals surface area contributed by atoms with Gasteiger partial charge in [-0.2, -0.15) is 0 Å². The number of carbonyl (C=O) groups excluding carboxylic acids is 1. The molecule has 1 amide bonds. The van der Waals surface area contributed by atoms with Crippen LogP contribution in [-0.2, 0) is 4.79 Å². The van der Waals surface area contributed by atoms with Gasteiger partial charge in [0.05, 0.1) is 5.69 Å². The fraction of sp³-hybridized carbons (Fsp3) is 0.500. The van der Waals surface area contributed by atoms with Crippen molar-refractivity contribution in [2.75, 3.05) is 22.9 Å². The van der Waals surface area contributed by atoms with E-state index in [1.54, 1.807) is 0 Å². The van der Waals surface area contributed by atoms with Gasteiger partial charge in [0.1, 0.15) is 6.04 Å². The highest BCUT2D eigenvalue weighted by Crippen LogP contribution is 2.37. The standard InChI is InChI=1S/C14H19N3OS/c1-9(14(18)16-11-3-4-11)17-6-7-19-13-5-2-10(15)8-12(13)17/h2,5,8-9,11H,3-4,6-7,15H2,1H3,(H,16,18). The molecule has 5 heteroatoms. The van der Waals surface area contributed by atoms with Crippen molar-refractivity contribution in [3.63, 3.8) is 0 Å². The monoisotopic (exact) mass is 277 g/mol. The van der Waals surface area contributed by atoms with Crippen molar-refractivity contribution < 1.29 is 4.79 Å². The molecule has 102 valence electrons. The summed E-state index contributed by atoms with van der Waals surface area (Å²) in [4.78, 5) is 15.6. The summed E-state index contributed by atoms with van der Waals surface area (Å²) < 4.78 is 0. The largest absolute Gasteiger partial charge is 0.399 e. The Bertz CT molecular complexity index is 501.